The molecule has 3 heterocycles. The summed E-state index contributed by atoms with van der Waals surface area (Å²) in [5.74, 6) is 0.389. The van der Waals surface area contributed by atoms with Crippen molar-refractivity contribution in [1.29, 1.82) is 0 Å². The van der Waals surface area contributed by atoms with Crippen LogP contribution >= 0.6 is 0 Å². The molecule has 1 amide bonds. The highest BCUT2D eigenvalue weighted by molar-refractivity contribution is 5.98. The summed E-state index contributed by atoms with van der Waals surface area (Å²) in [6.45, 7) is 0. The topological polar surface area (TPSA) is 25.2 Å². The maximum absolute atomic E-state index is 13.3. The molecule has 0 N–H and O–H groups in total. The number of hydrogen-bond donors (Lipinski definition) is 0. The van der Waals surface area contributed by atoms with Gasteiger partial charge in [-0.15, -0.1) is 0 Å². The van der Waals surface area contributed by atoms with E-state index in [1.54, 1.807) is 12.1 Å². The number of carbonyl (C=O) groups excluding carboxylic acids is 1. The summed E-state index contributed by atoms with van der Waals surface area (Å²) in [6.07, 6.45) is 6.11. The molecule has 2 fully saturated rings. The summed E-state index contributed by atoms with van der Waals surface area (Å²) >= 11 is 0. The lowest BCUT2D eigenvalue weighted by Crippen LogP contribution is -2.46. The fourth-order valence-electron chi connectivity index (χ4n) is 5.08. The number of halogens is 1. The molecule has 2 bridgehead atoms. The van der Waals surface area contributed by atoms with Gasteiger partial charge in [-0.2, -0.15) is 0 Å². The summed E-state index contributed by atoms with van der Waals surface area (Å²) in [7, 11) is 2.02. The number of fused-ring (bicyclic) bond motifs is 3. The van der Waals surface area contributed by atoms with Crippen LogP contribution in [0.15, 0.2) is 54.7 Å². The van der Waals surface area contributed by atoms with E-state index in [1.807, 2.05) is 43.6 Å². The van der Waals surface area contributed by atoms with Gasteiger partial charge in [0.1, 0.15) is 5.82 Å². The minimum Gasteiger partial charge on any atom is -0.351 e. The highest BCUT2D eigenvalue weighted by Gasteiger charge is 2.43. The van der Waals surface area contributed by atoms with E-state index in [-0.39, 0.29) is 23.8 Å². The molecule has 3 atom stereocenters. The number of carbonyl (C=O) groups is 1. The standard InChI is InChI=1S/C23H23FN2O/c1-25-11-10-16-12-17(4-9-22(16)25)23(27)26-20-7-8-21(26)14-18(13-20)15-2-5-19(24)6-3-15/h2-6,9-12,18,20-21H,7-8,13-14H2,1H3/t18?,20-,21+. The van der Waals surface area contributed by atoms with Crippen LogP contribution in [-0.4, -0.2) is 27.5 Å². The predicted octanol–water partition coefficient (Wildman–Crippen LogP) is 4.87. The predicted molar refractivity (Wildman–Crippen MR) is 104 cm³/mol. The Bertz CT molecular complexity index is 993. The molecule has 3 nitrogen and oxygen atoms in total. The normalized spacial score (nSPS) is 24.5. The molecule has 2 aliphatic rings. The first kappa shape index (κ1) is 16.5. The fourth-order valence-corrected chi connectivity index (χ4v) is 5.08. The first-order valence-electron chi connectivity index (χ1n) is 9.73. The van der Waals surface area contributed by atoms with Crippen LogP contribution in [0, 0.1) is 5.82 Å². The van der Waals surface area contributed by atoms with Gasteiger partial charge in [0.2, 0.25) is 0 Å². The van der Waals surface area contributed by atoms with Crippen LogP contribution in [0.3, 0.4) is 0 Å². The molecule has 0 radical (unpaired) electrons. The van der Waals surface area contributed by atoms with E-state index in [4.69, 9.17) is 0 Å². The van der Waals surface area contributed by atoms with Crippen LogP contribution in [0.1, 0.15) is 47.5 Å². The van der Waals surface area contributed by atoms with Crippen molar-refractivity contribution in [3.63, 3.8) is 0 Å². The van der Waals surface area contributed by atoms with E-state index >= 15 is 0 Å². The van der Waals surface area contributed by atoms with Gasteiger partial charge >= 0.3 is 0 Å². The van der Waals surface area contributed by atoms with Crippen molar-refractivity contribution in [1.82, 2.24) is 9.47 Å². The molecule has 2 aliphatic heterocycles. The van der Waals surface area contributed by atoms with E-state index in [0.29, 0.717) is 5.92 Å². The zero-order valence-corrected chi connectivity index (χ0v) is 15.4. The highest BCUT2D eigenvalue weighted by atomic mass is 19.1. The number of rotatable bonds is 2. The average molecular weight is 362 g/mol. The second-order valence-electron chi connectivity index (χ2n) is 8.02. The Morgan fingerprint density at radius 1 is 1.00 bits per heavy atom. The molecular formula is C23H23FN2O. The van der Waals surface area contributed by atoms with Gasteiger partial charge in [-0.3, -0.25) is 4.79 Å². The zero-order chi connectivity index (χ0) is 18.5. The van der Waals surface area contributed by atoms with Crippen molar-refractivity contribution in [3.8, 4) is 0 Å². The minimum absolute atomic E-state index is 0.158. The lowest BCUT2D eigenvalue weighted by molar-refractivity contribution is 0.0571. The molecule has 3 aromatic rings. The lowest BCUT2D eigenvalue weighted by atomic mass is 9.84. The number of aryl methyl sites for hydroxylation is 1. The Labute approximate surface area is 158 Å². The van der Waals surface area contributed by atoms with Crippen LogP contribution < -0.4 is 0 Å². The molecule has 1 unspecified atom stereocenters. The first-order chi connectivity index (χ1) is 13.1. The summed E-state index contributed by atoms with van der Waals surface area (Å²) in [4.78, 5) is 15.4. The maximum atomic E-state index is 13.3. The Morgan fingerprint density at radius 2 is 1.70 bits per heavy atom. The lowest BCUT2D eigenvalue weighted by Gasteiger charge is -2.39. The molecule has 0 aliphatic carbocycles. The number of piperidine rings is 1. The van der Waals surface area contributed by atoms with E-state index in [2.05, 4.69) is 15.5 Å². The molecule has 0 spiro atoms. The Hall–Kier alpha value is -2.62. The number of nitrogens with zero attached hydrogens (tertiary/aromatic N) is 2. The Morgan fingerprint density at radius 3 is 2.41 bits per heavy atom. The van der Waals surface area contributed by atoms with Crippen LogP contribution in [0.2, 0.25) is 0 Å². The van der Waals surface area contributed by atoms with Gasteiger partial charge in [-0.1, -0.05) is 12.1 Å². The molecule has 2 aromatic carbocycles. The first-order valence-corrected chi connectivity index (χ1v) is 9.73. The van der Waals surface area contributed by atoms with E-state index < -0.39 is 0 Å². The van der Waals surface area contributed by atoms with Crippen molar-refractivity contribution in [2.75, 3.05) is 0 Å². The van der Waals surface area contributed by atoms with Gasteiger partial charge in [-0.05, 0) is 73.6 Å². The smallest absolute Gasteiger partial charge is 0.254 e. The van der Waals surface area contributed by atoms with Crippen molar-refractivity contribution in [2.24, 2.45) is 7.05 Å². The summed E-state index contributed by atoms with van der Waals surface area (Å²) in [5.41, 5.74) is 3.13. The van der Waals surface area contributed by atoms with Gasteiger partial charge in [-0.25, -0.2) is 4.39 Å². The SMILES string of the molecule is Cn1ccc2cc(C(=O)N3[C@@H]4CC[C@H]3CC(c3ccc(F)cc3)C4)ccc21. The molecule has 0 saturated carbocycles. The van der Waals surface area contributed by atoms with Gasteiger partial charge in [0.05, 0.1) is 0 Å². The number of hydrogen-bond acceptors (Lipinski definition) is 1. The summed E-state index contributed by atoms with van der Waals surface area (Å²) in [5, 5.41) is 1.11. The Kier molecular flexibility index (Phi) is 3.81. The molecule has 2 saturated heterocycles. The highest BCUT2D eigenvalue weighted by Crippen LogP contribution is 2.43. The van der Waals surface area contributed by atoms with Gasteiger partial charge in [0, 0.05) is 41.8 Å². The molecule has 4 heteroatoms. The third kappa shape index (κ3) is 2.75. The third-order valence-corrected chi connectivity index (χ3v) is 6.44. The van der Waals surface area contributed by atoms with Gasteiger partial charge < -0.3 is 9.47 Å². The van der Waals surface area contributed by atoms with Crippen LogP contribution in [0.25, 0.3) is 10.9 Å². The Balaban J connectivity index is 1.39. The monoisotopic (exact) mass is 362 g/mol. The van der Waals surface area contributed by atoms with Crippen molar-refractivity contribution < 1.29 is 9.18 Å². The van der Waals surface area contributed by atoms with Crippen molar-refractivity contribution in [3.05, 3.63) is 71.7 Å². The van der Waals surface area contributed by atoms with Crippen LogP contribution in [-0.2, 0) is 7.05 Å². The number of benzene rings is 2. The van der Waals surface area contributed by atoms with Crippen LogP contribution in [0.4, 0.5) is 4.39 Å². The maximum Gasteiger partial charge on any atom is 0.254 e. The fraction of sp³-hybridized carbons (Fsp3) is 0.348. The zero-order valence-electron chi connectivity index (χ0n) is 15.4. The van der Waals surface area contributed by atoms with Gasteiger partial charge in [0.25, 0.3) is 5.91 Å². The van der Waals surface area contributed by atoms with Crippen molar-refractivity contribution in [2.45, 2.75) is 43.7 Å². The molecule has 5 rings (SSSR count). The van der Waals surface area contributed by atoms with E-state index in [1.165, 1.54) is 5.56 Å². The second-order valence-corrected chi connectivity index (χ2v) is 8.02. The van der Waals surface area contributed by atoms with Gasteiger partial charge in [0.15, 0.2) is 0 Å². The molecule has 27 heavy (non-hydrogen) atoms. The number of aromatic nitrogens is 1. The molecule has 138 valence electrons. The van der Waals surface area contributed by atoms with Crippen LogP contribution in [0.5, 0.6) is 0 Å². The minimum atomic E-state index is -0.189. The largest absolute Gasteiger partial charge is 0.351 e. The average Bonchev–Trinajstić information content (AvgIpc) is 3.18. The van der Waals surface area contributed by atoms with E-state index in [9.17, 15) is 9.18 Å². The summed E-state index contributed by atoms with van der Waals surface area (Å²) < 4.78 is 15.3. The van der Waals surface area contributed by atoms with E-state index in [0.717, 1.165) is 42.1 Å². The molecular weight excluding hydrogens is 339 g/mol. The second kappa shape index (κ2) is 6.22. The molecule has 1 aromatic heterocycles. The number of amides is 1. The quantitative estimate of drug-likeness (QED) is 0.639. The third-order valence-electron chi connectivity index (χ3n) is 6.44. The summed E-state index contributed by atoms with van der Waals surface area (Å²) in [6, 6.07) is 15.5. The van der Waals surface area contributed by atoms with Crippen molar-refractivity contribution >= 4 is 16.8 Å².